The molecule has 2 fully saturated rings. The molecule has 136 valence electrons. The molecular weight excluding hydrogens is 328 g/mol. The van der Waals surface area contributed by atoms with Gasteiger partial charge in [0.15, 0.2) is 0 Å². The van der Waals surface area contributed by atoms with Crippen LogP contribution in [0.2, 0.25) is 0 Å². The second kappa shape index (κ2) is 7.42. The summed E-state index contributed by atoms with van der Waals surface area (Å²) in [5.74, 6) is 1.58. The first-order valence-corrected chi connectivity index (χ1v) is 8.58. The highest BCUT2D eigenvalue weighted by atomic mass is 35.5. The Morgan fingerprint density at radius 1 is 1.42 bits per heavy atom. The molecule has 2 aliphatic rings. The summed E-state index contributed by atoms with van der Waals surface area (Å²) in [6, 6.07) is 2.10. The maximum Gasteiger partial charge on any atom is 0.240 e. The van der Waals surface area contributed by atoms with E-state index in [-0.39, 0.29) is 23.7 Å². The van der Waals surface area contributed by atoms with E-state index in [1.807, 2.05) is 0 Å². The molecule has 0 bridgehead atoms. The van der Waals surface area contributed by atoms with Gasteiger partial charge in [0.05, 0.1) is 12.2 Å². The van der Waals surface area contributed by atoms with Crippen molar-refractivity contribution in [3.63, 3.8) is 0 Å². The minimum absolute atomic E-state index is 0. The molecule has 1 aromatic heterocycles. The van der Waals surface area contributed by atoms with Crippen LogP contribution < -0.4 is 11.1 Å². The van der Waals surface area contributed by atoms with Crippen LogP contribution in [0.3, 0.4) is 0 Å². The number of carbonyl (C=O) groups is 1. The van der Waals surface area contributed by atoms with Crippen molar-refractivity contribution in [1.29, 1.82) is 0 Å². The highest BCUT2D eigenvalue weighted by molar-refractivity contribution is 5.91. The fourth-order valence-electron chi connectivity index (χ4n) is 3.81. The third kappa shape index (κ3) is 4.29. The van der Waals surface area contributed by atoms with Gasteiger partial charge in [-0.05, 0) is 24.7 Å². The fraction of sp³-hybridized carbons (Fsp3) is 0.765. The van der Waals surface area contributed by atoms with Gasteiger partial charge in [0.2, 0.25) is 11.8 Å². The summed E-state index contributed by atoms with van der Waals surface area (Å²) in [6.07, 6.45) is 3.58. The number of fused-ring (bicyclic) bond motifs is 1. The zero-order chi connectivity index (χ0) is 16.6. The van der Waals surface area contributed by atoms with Crippen molar-refractivity contribution in [2.45, 2.75) is 51.5 Å². The minimum atomic E-state index is -0.0900. The smallest absolute Gasteiger partial charge is 0.240 e. The first-order valence-electron chi connectivity index (χ1n) is 8.58. The highest BCUT2D eigenvalue weighted by Crippen LogP contribution is 2.35. The van der Waals surface area contributed by atoms with Gasteiger partial charge in [-0.15, -0.1) is 12.4 Å². The number of rotatable bonds is 3. The van der Waals surface area contributed by atoms with Crippen LogP contribution in [0.1, 0.15) is 45.7 Å². The standard InChI is InChI=1S/C17H28N4O2.ClH/c1-17(2,3)14-7-16(23-20-14)19-15(22)10-21-8-11-5-4-6-13(18)12(11)9-21;/h7,11-13H,4-6,8-10,18H2,1-3H3,(H,19,22);1H. The number of likely N-dealkylation sites (tertiary alicyclic amines) is 1. The molecule has 0 spiro atoms. The Morgan fingerprint density at radius 2 is 2.17 bits per heavy atom. The Morgan fingerprint density at radius 3 is 2.79 bits per heavy atom. The zero-order valence-corrected chi connectivity index (χ0v) is 15.6. The van der Waals surface area contributed by atoms with Gasteiger partial charge >= 0.3 is 0 Å². The summed E-state index contributed by atoms with van der Waals surface area (Å²) < 4.78 is 5.22. The van der Waals surface area contributed by atoms with Gasteiger partial charge in [0.25, 0.3) is 0 Å². The normalized spacial score (nSPS) is 27.4. The number of hydrogen-bond acceptors (Lipinski definition) is 5. The fourth-order valence-corrected chi connectivity index (χ4v) is 3.81. The Labute approximate surface area is 149 Å². The molecule has 1 amide bonds. The quantitative estimate of drug-likeness (QED) is 0.868. The van der Waals surface area contributed by atoms with Gasteiger partial charge in [-0.1, -0.05) is 32.3 Å². The van der Waals surface area contributed by atoms with Crippen molar-refractivity contribution in [3.05, 3.63) is 11.8 Å². The van der Waals surface area contributed by atoms with E-state index in [1.54, 1.807) is 6.07 Å². The average Bonchev–Trinajstić information content (AvgIpc) is 3.05. The van der Waals surface area contributed by atoms with Crippen molar-refractivity contribution < 1.29 is 9.32 Å². The highest BCUT2D eigenvalue weighted by Gasteiger charge is 2.39. The third-order valence-electron chi connectivity index (χ3n) is 5.14. The first-order chi connectivity index (χ1) is 10.8. The molecule has 2 heterocycles. The van der Waals surface area contributed by atoms with Crippen LogP contribution in [-0.4, -0.2) is 41.6 Å². The van der Waals surface area contributed by atoms with Crippen LogP contribution in [0.5, 0.6) is 0 Å². The van der Waals surface area contributed by atoms with Gasteiger partial charge < -0.3 is 10.3 Å². The maximum atomic E-state index is 12.2. The van der Waals surface area contributed by atoms with E-state index in [2.05, 4.69) is 36.1 Å². The van der Waals surface area contributed by atoms with Gasteiger partial charge in [-0.25, -0.2) is 0 Å². The van der Waals surface area contributed by atoms with Crippen LogP contribution in [0, 0.1) is 11.8 Å². The third-order valence-corrected chi connectivity index (χ3v) is 5.14. The van der Waals surface area contributed by atoms with E-state index in [4.69, 9.17) is 10.3 Å². The van der Waals surface area contributed by atoms with E-state index in [9.17, 15) is 4.79 Å². The van der Waals surface area contributed by atoms with Crippen LogP contribution in [0.15, 0.2) is 10.6 Å². The Hall–Kier alpha value is -1.11. The number of nitrogens with two attached hydrogens (primary N) is 1. The topological polar surface area (TPSA) is 84.4 Å². The van der Waals surface area contributed by atoms with Crippen molar-refractivity contribution in [3.8, 4) is 0 Å². The van der Waals surface area contributed by atoms with Crippen molar-refractivity contribution in [2.24, 2.45) is 17.6 Å². The molecule has 3 N–H and O–H groups in total. The largest absolute Gasteiger partial charge is 0.338 e. The Bertz CT molecular complexity index is 569. The van der Waals surface area contributed by atoms with Gasteiger partial charge in [-0.3, -0.25) is 15.0 Å². The second-order valence-electron chi connectivity index (χ2n) is 8.09. The molecule has 3 atom stereocenters. The van der Waals surface area contributed by atoms with Gasteiger partial charge in [0, 0.05) is 30.6 Å². The minimum Gasteiger partial charge on any atom is -0.338 e. The molecule has 6 nitrogen and oxygen atoms in total. The summed E-state index contributed by atoms with van der Waals surface area (Å²) in [6.45, 7) is 8.49. The lowest BCUT2D eigenvalue weighted by Crippen LogP contribution is -2.38. The van der Waals surface area contributed by atoms with Gasteiger partial charge in [0.1, 0.15) is 0 Å². The van der Waals surface area contributed by atoms with Crippen LogP contribution in [0.25, 0.3) is 0 Å². The Kier molecular flexibility index (Phi) is 5.94. The molecule has 3 rings (SSSR count). The number of carbonyl (C=O) groups excluding carboxylic acids is 1. The van der Waals surface area contributed by atoms with Crippen molar-refractivity contribution in [1.82, 2.24) is 10.1 Å². The molecule has 3 unspecified atom stereocenters. The summed E-state index contributed by atoms with van der Waals surface area (Å²) in [7, 11) is 0. The number of nitrogens with zero attached hydrogens (tertiary/aromatic N) is 2. The average molecular weight is 357 g/mol. The number of amides is 1. The Balaban J connectivity index is 0.00000208. The zero-order valence-electron chi connectivity index (χ0n) is 14.7. The lowest BCUT2D eigenvalue weighted by Gasteiger charge is -2.29. The maximum absolute atomic E-state index is 12.2. The molecule has 0 aromatic carbocycles. The van der Waals surface area contributed by atoms with Crippen molar-refractivity contribution in [2.75, 3.05) is 25.0 Å². The monoisotopic (exact) mass is 356 g/mol. The number of hydrogen-bond donors (Lipinski definition) is 2. The van der Waals surface area contributed by atoms with Gasteiger partial charge in [-0.2, -0.15) is 0 Å². The molecular formula is C17H29ClN4O2. The predicted octanol–water partition coefficient (Wildman–Crippen LogP) is 2.39. The molecule has 1 aliphatic heterocycles. The predicted molar refractivity (Wildman–Crippen MR) is 96.3 cm³/mol. The van der Waals surface area contributed by atoms with Crippen molar-refractivity contribution >= 4 is 24.2 Å². The molecule has 1 aromatic rings. The van der Waals surface area contributed by atoms with E-state index in [1.165, 1.54) is 12.8 Å². The number of anilines is 1. The van der Waals surface area contributed by atoms with Crippen LogP contribution in [0.4, 0.5) is 5.88 Å². The molecule has 0 radical (unpaired) electrons. The van der Waals surface area contributed by atoms with E-state index >= 15 is 0 Å². The first kappa shape index (κ1) is 19.2. The van der Waals surface area contributed by atoms with Crippen LogP contribution in [-0.2, 0) is 10.2 Å². The van der Waals surface area contributed by atoms with E-state index < -0.39 is 0 Å². The second-order valence-corrected chi connectivity index (χ2v) is 8.09. The van der Waals surface area contributed by atoms with E-state index in [0.29, 0.717) is 30.3 Å². The summed E-state index contributed by atoms with van der Waals surface area (Å²) in [5, 5.41) is 6.83. The number of nitrogens with one attached hydrogen (secondary N) is 1. The molecule has 1 saturated heterocycles. The number of halogens is 1. The molecule has 1 saturated carbocycles. The summed E-state index contributed by atoms with van der Waals surface area (Å²) in [5.41, 5.74) is 6.98. The van der Waals surface area contributed by atoms with Crippen LogP contribution >= 0.6 is 12.4 Å². The number of aromatic nitrogens is 1. The lowest BCUT2D eigenvalue weighted by atomic mass is 9.78. The SMILES string of the molecule is CC(C)(C)c1cc(NC(=O)CN2CC3CCCC(N)C3C2)on1.Cl. The molecule has 7 heteroatoms. The molecule has 1 aliphatic carbocycles. The van der Waals surface area contributed by atoms with E-state index in [0.717, 1.165) is 25.2 Å². The summed E-state index contributed by atoms with van der Waals surface area (Å²) >= 11 is 0. The summed E-state index contributed by atoms with van der Waals surface area (Å²) in [4.78, 5) is 14.5. The lowest BCUT2D eigenvalue weighted by molar-refractivity contribution is -0.117. The molecule has 24 heavy (non-hydrogen) atoms.